The number of hydrogen-bond acceptors (Lipinski definition) is 5. The third kappa shape index (κ3) is 3.14. The summed E-state index contributed by atoms with van der Waals surface area (Å²) in [5.41, 5.74) is 3.33. The van der Waals surface area contributed by atoms with Crippen molar-refractivity contribution < 1.29 is 4.42 Å². The fourth-order valence-electron chi connectivity index (χ4n) is 3.82. The van der Waals surface area contributed by atoms with Gasteiger partial charge in [-0.2, -0.15) is 5.26 Å². The van der Waals surface area contributed by atoms with E-state index < -0.39 is 0 Å². The van der Waals surface area contributed by atoms with Crippen molar-refractivity contribution in [1.29, 1.82) is 5.26 Å². The van der Waals surface area contributed by atoms with Crippen LogP contribution >= 0.6 is 0 Å². The molecule has 0 aliphatic heterocycles. The van der Waals surface area contributed by atoms with Crippen LogP contribution in [0.25, 0.3) is 11.1 Å². The zero-order valence-corrected chi connectivity index (χ0v) is 14.4. The van der Waals surface area contributed by atoms with Crippen molar-refractivity contribution in [2.45, 2.75) is 52.0 Å². The number of aromatic nitrogens is 4. The summed E-state index contributed by atoms with van der Waals surface area (Å²) in [6, 6.07) is 8.49. The van der Waals surface area contributed by atoms with Crippen LogP contribution in [-0.4, -0.2) is 20.0 Å². The van der Waals surface area contributed by atoms with Crippen LogP contribution in [0.4, 0.5) is 0 Å². The predicted molar refractivity (Wildman–Crippen MR) is 92.7 cm³/mol. The second kappa shape index (κ2) is 6.32. The van der Waals surface area contributed by atoms with Crippen LogP contribution < -0.4 is 0 Å². The first kappa shape index (κ1) is 15.8. The molecule has 0 atom stereocenters. The molecule has 4 rings (SSSR count). The summed E-state index contributed by atoms with van der Waals surface area (Å²) < 4.78 is 7.53. The van der Waals surface area contributed by atoms with E-state index in [0.29, 0.717) is 18.9 Å². The van der Waals surface area contributed by atoms with Gasteiger partial charge in [-0.25, -0.2) is 9.67 Å². The van der Waals surface area contributed by atoms with E-state index in [9.17, 15) is 5.26 Å². The van der Waals surface area contributed by atoms with E-state index in [0.717, 1.165) is 48.0 Å². The van der Waals surface area contributed by atoms with Crippen LogP contribution in [0.5, 0.6) is 0 Å². The lowest BCUT2D eigenvalue weighted by Crippen LogP contribution is -2.25. The Morgan fingerprint density at radius 1 is 1.28 bits per heavy atom. The van der Waals surface area contributed by atoms with Crippen LogP contribution in [0.15, 0.2) is 28.8 Å². The Bertz CT molecular complexity index is 927. The summed E-state index contributed by atoms with van der Waals surface area (Å²) in [6.07, 6.45) is 8.07. The summed E-state index contributed by atoms with van der Waals surface area (Å²) in [6.45, 7) is 2.43. The van der Waals surface area contributed by atoms with Gasteiger partial charge in [0.05, 0.1) is 23.7 Å². The fraction of sp³-hybridized carbons (Fsp3) is 0.474. The van der Waals surface area contributed by atoms with Gasteiger partial charge >= 0.3 is 0 Å². The van der Waals surface area contributed by atoms with E-state index >= 15 is 0 Å². The third-order valence-electron chi connectivity index (χ3n) is 5.09. The lowest BCUT2D eigenvalue weighted by molar-refractivity contribution is 0.263. The second-order valence-corrected chi connectivity index (χ2v) is 7.04. The summed E-state index contributed by atoms with van der Waals surface area (Å²) in [4.78, 5) is 4.37. The molecule has 0 bridgehead atoms. The Hall–Kier alpha value is -2.68. The van der Waals surface area contributed by atoms with E-state index in [2.05, 4.69) is 21.4 Å². The van der Waals surface area contributed by atoms with Gasteiger partial charge in [-0.3, -0.25) is 0 Å². The molecule has 0 unspecified atom stereocenters. The number of oxazole rings is 1. The number of aryl methyl sites for hydroxylation is 1. The minimum Gasteiger partial charge on any atom is -0.441 e. The van der Waals surface area contributed by atoms with Crippen LogP contribution in [-0.2, 0) is 13.0 Å². The topological polar surface area (TPSA) is 80.5 Å². The molecular formula is C19H21N5O. The number of nitrogens with zero attached hydrogens (tertiary/aromatic N) is 5. The normalized spacial score (nSPS) is 16.8. The highest BCUT2D eigenvalue weighted by atomic mass is 16.3. The third-order valence-corrected chi connectivity index (χ3v) is 5.09. The lowest BCUT2D eigenvalue weighted by atomic mass is 9.72. The summed E-state index contributed by atoms with van der Waals surface area (Å²) in [7, 11) is 0. The Labute approximate surface area is 146 Å². The van der Waals surface area contributed by atoms with Crippen LogP contribution in [0.1, 0.15) is 49.3 Å². The van der Waals surface area contributed by atoms with Crippen LogP contribution in [0, 0.1) is 23.7 Å². The van der Waals surface area contributed by atoms with Gasteiger partial charge < -0.3 is 4.42 Å². The smallest absolute Gasteiger partial charge is 0.192 e. The van der Waals surface area contributed by atoms with Gasteiger partial charge in [0.1, 0.15) is 5.52 Å². The van der Waals surface area contributed by atoms with E-state index in [1.165, 1.54) is 6.42 Å². The molecule has 0 N–H and O–H groups in total. The number of para-hydroxylation sites is 1. The summed E-state index contributed by atoms with van der Waals surface area (Å²) in [5.74, 6) is 0.662. The standard InChI is InChI=1S/C19H21N5O/c1-14-21-17-7-5-6-15(18(17)25-14)11-24-12-16(22-23-24)10-19(13-20)8-3-2-4-9-19/h5-7,12H,2-4,8-11H2,1H3. The molecule has 1 saturated carbocycles. The molecule has 1 aliphatic carbocycles. The van der Waals surface area contributed by atoms with Crippen molar-refractivity contribution in [3.63, 3.8) is 0 Å². The maximum atomic E-state index is 9.64. The molecule has 3 aromatic rings. The van der Waals surface area contributed by atoms with Gasteiger partial charge in [-0.15, -0.1) is 5.10 Å². The molecule has 0 spiro atoms. The molecule has 0 amide bonds. The van der Waals surface area contributed by atoms with Gasteiger partial charge in [0.2, 0.25) is 0 Å². The monoisotopic (exact) mass is 335 g/mol. The first-order chi connectivity index (χ1) is 12.2. The first-order valence-corrected chi connectivity index (χ1v) is 8.83. The van der Waals surface area contributed by atoms with Crippen molar-refractivity contribution in [3.05, 3.63) is 41.5 Å². The van der Waals surface area contributed by atoms with Gasteiger partial charge in [-0.1, -0.05) is 36.6 Å². The Kier molecular flexibility index (Phi) is 4.00. The minimum absolute atomic E-state index is 0.263. The number of hydrogen-bond donors (Lipinski definition) is 0. The molecule has 128 valence electrons. The van der Waals surface area contributed by atoms with Gasteiger partial charge in [0.25, 0.3) is 0 Å². The van der Waals surface area contributed by atoms with E-state index in [1.54, 1.807) is 0 Å². The Balaban J connectivity index is 1.54. The van der Waals surface area contributed by atoms with Crippen molar-refractivity contribution in [2.24, 2.45) is 5.41 Å². The molecule has 6 nitrogen and oxygen atoms in total. The molecule has 6 heteroatoms. The number of benzene rings is 1. The quantitative estimate of drug-likeness (QED) is 0.724. The molecule has 0 radical (unpaired) electrons. The largest absolute Gasteiger partial charge is 0.441 e. The zero-order chi connectivity index (χ0) is 17.3. The number of fused-ring (bicyclic) bond motifs is 1. The number of rotatable bonds is 4. The van der Waals surface area contributed by atoms with Crippen molar-refractivity contribution in [1.82, 2.24) is 20.0 Å². The molecule has 25 heavy (non-hydrogen) atoms. The maximum Gasteiger partial charge on any atom is 0.192 e. The van der Waals surface area contributed by atoms with Crippen molar-refractivity contribution in [3.8, 4) is 6.07 Å². The lowest BCUT2D eigenvalue weighted by Gasteiger charge is -2.29. The van der Waals surface area contributed by atoms with E-state index in [4.69, 9.17) is 4.42 Å². The van der Waals surface area contributed by atoms with Crippen LogP contribution in [0.2, 0.25) is 0 Å². The van der Waals surface area contributed by atoms with E-state index in [-0.39, 0.29) is 5.41 Å². The van der Waals surface area contributed by atoms with Crippen molar-refractivity contribution in [2.75, 3.05) is 0 Å². The molecule has 2 heterocycles. The average Bonchev–Trinajstić information content (AvgIpc) is 3.22. The average molecular weight is 335 g/mol. The second-order valence-electron chi connectivity index (χ2n) is 7.04. The van der Waals surface area contributed by atoms with Gasteiger partial charge in [0.15, 0.2) is 11.5 Å². The highest BCUT2D eigenvalue weighted by Crippen LogP contribution is 2.38. The Morgan fingerprint density at radius 3 is 2.92 bits per heavy atom. The predicted octanol–water partition coefficient (Wildman–Crippen LogP) is 3.79. The first-order valence-electron chi connectivity index (χ1n) is 8.83. The molecule has 1 aromatic carbocycles. The molecule has 1 fully saturated rings. The highest BCUT2D eigenvalue weighted by Gasteiger charge is 2.33. The fourth-order valence-corrected chi connectivity index (χ4v) is 3.82. The molecule has 2 aromatic heterocycles. The van der Waals surface area contributed by atoms with Crippen LogP contribution in [0.3, 0.4) is 0 Å². The van der Waals surface area contributed by atoms with Crippen molar-refractivity contribution >= 4 is 11.1 Å². The minimum atomic E-state index is -0.263. The SMILES string of the molecule is Cc1nc2cccc(Cn3cc(CC4(C#N)CCCCC4)nn3)c2o1. The van der Waals surface area contributed by atoms with E-state index in [1.807, 2.05) is 36.0 Å². The summed E-state index contributed by atoms with van der Waals surface area (Å²) >= 11 is 0. The highest BCUT2D eigenvalue weighted by molar-refractivity contribution is 5.76. The maximum absolute atomic E-state index is 9.64. The molecule has 1 aliphatic rings. The van der Waals surface area contributed by atoms with Gasteiger partial charge in [-0.05, 0) is 18.9 Å². The van der Waals surface area contributed by atoms with Gasteiger partial charge in [0, 0.05) is 25.1 Å². The summed E-state index contributed by atoms with van der Waals surface area (Å²) in [5, 5.41) is 18.2. The zero-order valence-electron chi connectivity index (χ0n) is 14.4. The molecule has 0 saturated heterocycles. The number of nitriles is 1. The Morgan fingerprint density at radius 2 is 2.12 bits per heavy atom. The molecular weight excluding hydrogens is 314 g/mol.